The van der Waals surface area contributed by atoms with Crippen molar-refractivity contribution in [3.63, 3.8) is 0 Å². The van der Waals surface area contributed by atoms with Crippen molar-refractivity contribution in [1.82, 2.24) is 0 Å². The third-order valence-corrected chi connectivity index (χ3v) is 10.2. The van der Waals surface area contributed by atoms with Crippen molar-refractivity contribution in [3.8, 4) is 22.3 Å². The summed E-state index contributed by atoms with van der Waals surface area (Å²) in [6.45, 7) is 0. The number of nitrogens with zero attached hydrogens (tertiary/aromatic N) is 1. The van der Waals surface area contributed by atoms with Gasteiger partial charge >= 0.3 is 0 Å². The number of benzene rings is 8. The van der Waals surface area contributed by atoms with Crippen LogP contribution in [0.15, 0.2) is 176 Å². The summed E-state index contributed by atoms with van der Waals surface area (Å²) < 4.78 is 2.61. The van der Waals surface area contributed by atoms with Gasteiger partial charge in [-0.05, 0) is 69.2 Å². The molecule has 8 aromatic carbocycles. The number of hydrogen-bond donors (Lipinski definition) is 0. The molecule has 0 aliphatic rings. The summed E-state index contributed by atoms with van der Waals surface area (Å²) in [4.78, 5) is 2.47. The summed E-state index contributed by atoms with van der Waals surface area (Å²) in [6, 6.07) is 63.9. The molecule has 0 aliphatic heterocycles. The molecule has 0 amide bonds. The molecule has 1 heterocycles. The largest absolute Gasteiger partial charge is 0.309 e. The van der Waals surface area contributed by atoms with Crippen LogP contribution < -0.4 is 4.90 Å². The molecule has 0 bridgehead atoms. The van der Waals surface area contributed by atoms with Gasteiger partial charge in [0.15, 0.2) is 0 Å². The minimum Gasteiger partial charge on any atom is -0.309 e. The summed E-state index contributed by atoms with van der Waals surface area (Å²) in [6.07, 6.45) is 0. The minimum absolute atomic E-state index is 1.14. The second-order valence-corrected chi connectivity index (χ2v) is 12.8. The van der Waals surface area contributed by atoms with Crippen LogP contribution >= 0.6 is 11.3 Å². The van der Waals surface area contributed by atoms with E-state index in [2.05, 4.69) is 181 Å². The van der Waals surface area contributed by atoms with Crippen molar-refractivity contribution >= 4 is 70.1 Å². The van der Waals surface area contributed by atoms with Gasteiger partial charge in [-0.1, -0.05) is 140 Å². The fourth-order valence-electron chi connectivity index (χ4n) is 6.93. The Bertz CT molecular complexity index is 2530. The molecule has 0 saturated heterocycles. The Labute approximate surface area is 272 Å². The van der Waals surface area contributed by atoms with Gasteiger partial charge in [0, 0.05) is 36.8 Å². The predicted octanol–water partition coefficient (Wildman–Crippen LogP) is 13.2. The average Bonchev–Trinajstić information content (AvgIpc) is 3.52. The fraction of sp³-hybridized carbons (Fsp3) is 0. The molecule has 9 rings (SSSR count). The Hall–Kier alpha value is -5.70. The van der Waals surface area contributed by atoms with Crippen LogP contribution in [0.5, 0.6) is 0 Å². The standard InChI is InChI=1S/C44H29NS/c1-3-15-31(16-4-1)35-20-11-12-23-40(35)45(34-27-26-30-14-7-8-19-33(30)28-34)41-24-13-25-42-43(41)39-29-38(32-17-5-2-6-18-32)36-21-9-10-22-37(36)44(39)46-42/h1-29H. The van der Waals surface area contributed by atoms with Crippen LogP contribution in [0.2, 0.25) is 0 Å². The van der Waals surface area contributed by atoms with Crippen molar-refractivity contribution in [2.45, 2.75) is 0 Å². The molecule has 0 N–H and O–H groups in total. The molecule has 0 radical (unpaired) electrons. The molecule has 0 atom stereocenters. The molecule has 1 aromatic heterocycles. The van der Waals surface area contributed by atoms with Gasteiger partial charge in [0.25, 0.3) is 0 Å². The van der Waals surface area contributed by atoms with E-state index in [1.54, 1.807) is 0 Å². The van der Waals surface area contributed by atoms with Crippen LogP contribution in [-0.4, -0.2) is 0 Å². The first-order chi connectivity index (χ1) is 22.8. The summed E-state index contributed by atoms with van der Waals surface area (Å²) in [5, 5.41) is 7.61. The number of thiophene rings is 1. The monoisotopic (exact) mass is 603 g/mol. The first-order valence-electron chi connectivity index (χ1n) is 15.7. The highest BCUT2D eigenvalue weighted by molar-refractivity contribution is 7.26. The van der Waals surface area contributed by atoms with Crippen molar-refractivity contribution in [2.24, 2.45) is 0 Å². The van der Waals surface area contributed by atoms with E-state index in [0.29, 0.717) is 0 Å². The number of rotatable bonds is 5. The third-order valence-electron chi connectivity index (χ3n) is 9.03. The zero-order valence-electron chi connectivity index (χ0n) is 25.1. The van der Waals surface area contributed by atoms with Crippen LogP contribution in [0.4, 0.5) is 17.1 Å². The highest BCUT2D eigenvalue weighted by Crippen LogP contribution is 2.50. The first kappa shape index (κ1) is 26.7. The second kappa shape index (κ2) is 11.0. The quantitative estimate of drug-likeness (QED) is 0.189. The lowest BCUT2D eigenvalue weighted by molar-refractivity contribution is 1.31. The van der Waals surface area contributed by atoms with E-state index >= 15 is 0 Å². The summed E-state index contributed by atoms with van der Waals surface area (Å²) in [5.74, 6) is 0. The van der Waals surface area contributed by atoms with Gasteiger partial charge in [0.2, 0.25) is 0 Å². The van der Waals surface area contributed by atoms with Crippen LogP contribution in [0, 0.1) is 0 Å². The van der Waals surface area contributed by atoms with Gasteiger partial charge in [0.05, 0.1) is 11.4 Å². The Kier molecular flexibility index (Phi) is 6.40. The maximum Gasteiger partial charge on any atom is 0.0555 e. The zero-order chi connectivity index (χ0) is 30.5. The van der Waals surface area contributed by atoms with Gasteiger partial charge in [0.1, 0.15) is 0 Å². The van der Waals surface area contributed by atoms with E-state index < -0.39 is 0 Å². The molecule has 0 unspecified atom stereocenters. The number of para-hydroxylation sites is 1. The van der Waals surface area contributed by atoms with Gasteiger partial charge < -0.3 is 4.90 Å². The lowest BCUT2D eigenvalue weighted by atomic mass is 9.95. The zero-order valence-corrected chi connectivity index (χ0v) is 25.9. The molecule has 0 fully saturated rings. The Morgan fingerprint density at radius 3 is 1.83 bits per heavy atom. The van der Waals surface area contributed by atoms with Crippen LogP contribution in [0.1, 0.15) is 0 Å². The first-order valence-corrected chi connectivity index (χ1v) is 16.5. The Morgan fingerprint density at radius 2 is 1.02 bits per heavy atom. The molecule has 2 heteroatoms. The maximum absolute atomic E-state index is 2.47. The molecule has 1 nitrogen and oxygen atoms in total. The molecule has 0 aliphatic carbocycles. The molecule has 0 saturated carbocycles. The molecule has 0 spiro atoms. The fourth-order valence-corrected chi connectivity index (χ4v) is 8.17. The SMILES string of the molecule is c1ccc(-c2ccccc2N(c2ccc3ccccc3c2)c2cccc3sc4c5ccccc5c(-c5ccccc5)cc4c23)cc1. The van der Waals surface area contributed by atoms with E-state index in [9.17, 15) is 0 Å². The lowest BCUT2D eigenvalue weighted by Gasteiger charge is -2.29. The Morgan fingerprint density at radius 1 is 0.391 bits per heavy atom. The van der Waals surface area contributed by atoms with Crippen molar-refractivity contribution in [3.05, 3.63) is 176 Å². The average molecular weight is 604 g/mol. The molecule has 9 aromatic rings. The van der Waals surface area contributed by atoms with E-state index in [4.69, 9.17) is 0 Å². The van der Waals surface area contributed by atoms with Crippen LogP contribution in [-0.2, 0) is 0 Å². The number of anilines is 3. The number of fused-ring (bicyclic) bond motifs is 6. The summed E-state index contributed by atoms with van der Waals surface area (Å²) in [7, 11) is 0. The number of hydrogen-bond acceptors (Lipinski definition) is 2. The second-order valence-electron chi connectivity index (χ2n) is 11.7. The predicted molar refractivity (Wildman–Crippen MR) is 200 cm³/mol. The lowest BCUT2D eigenvalue weighted by Crippen LogP contribution is -2.11. The van der Waals surface area contributed by atoms with Gasteiger partial charge in [-0.15, -0.1) is 11.3 Å². The molecule has 46 heavy (non-hydrogen) atoms. The van der Waals surface area contributed by atoms with E-state index in [-0.39, 0.29) is 0 Å². The van der Waals surface area contributed by atoms with Crippen LogP contribution in [0.25, 0.3) is 64.0 Å². The topological polar surface area (TPSA) is 3.24 Å². The van der Waals surface area contributed by atoms with E-state index in [1.807, 2.05) is 11.3 Å². The highest BCUT2D eigenvalue weighted by atomic mass is 32.1. The van der Waals surface area contributed by atoms with Gasteiger partial charge in [-0.3, -0.25) is 0 Å². The molecular weight excluding hydrogens is 575 g/mol. The smallest absolute Gasteiger partial charge is 0.0555 e. The van der Waals surface area contributed by atoms with Crippen molar-refractivity contribution in [2.75, 3.05) is 4.90 Å². The van der Waals surface area contributed by atoms with Gasteiger partial charge in [-0.25, -0.2) is 0 Å². The third kappa shape index (κ3) is 4.38. The van der Waals surface area contributed by atoms with E-state index in [1.165, 1.54) is 69.7 Å². The van der Waals surface area contributed by atoms with Gasteiger partial charge in [-0.2, -0.15) is 0 Å². The van der Waals surface area contributed by atoms with Crippen molar-refractivity contribution < 1.29 is 0 Å². The van der Waals surface area contributed by atoms with Crippen LogP contribution in [0.3, 0.4) is 0 Å². The normalized spacial score (nSPS) is 11.5. The minimum atomic E-state index is 1.14. The van der Waals surface area contributed by atoms with Crippen molar-refractivity contribution in [1.29, 1.82) is 0 Å². The molecule has 216 valence electrons. The summed E-state index contributed by atoms with van der Waals surface area (Å²) in [5.41, 5.74) is 8.36. The molecular formula is C44H29NS. The Balaban J connectivity index is 1.39. The summed E-state index contributed by atoms with van der Waals surface area (Å²) >= 11 is 1.89. The highest BCUT2D eigenvalue weighted by Gasteiger charge is 2.22. The maximum atomic E-state index is 2.47. The van der Waals surface area contributed by atoms with E-state index in [0.717, 1.165) is 11.4 Å².